The van der Waals surface area contributed by atoms with Crippen LogP contribution in [0.3, 0.4) is 0 Å². The molecular formula is C10H12N4O5. The largest absolute Gasteiger partial charge is 0.412 e. The second-order valence-corrected chi connectivity index (χ2v) is 3.57. The molecule has 2 amide bonds. The number of fused-ring (bicyclic) bond motifs is 1. The molecule has 0 bridgehead atoms. The van der Waals surface area contributed by atoms with Crippen molar-refractivity contribution in [2.75, 3.05) is 0 Å². The summed E-state index contributed by atoms with van der Waals surface area (Å²) in [6.07, 6.45) is 0.296. The van der Waals surface area contributed by atoms with Gasteiger partial charge in [-0.2, -0.15) is 5.06 Å². The summed E-state index contributed by atoms with van der Waals surface area (Å²) in [6.45, 7) is 0. The van der Waals surface area contributed by atoms with Crippen molar-refractivity contribution in [1.29, 1.82) is 0 Å². The third kappa shape index (κ3) is 3.03. The first-order valence-corrected chi connectivity index (χ1v) is 5.14. The Kier molecular flexibility index (Phi) is 4.51. The summed E-state index contributed by atoms with van der Waals surface area (Å²) in [5.74, 6) is -1.01. The molecule has 4 N–H and O–H groups in total. The van der Waals surface area contributed by atoms with E-state index >= 15 is 0 Å². The molecule has 1 aromatic carbocycles. The van der Waals surface area contributed by atoms with Crippen LogP contribution in [0.15, 0.2) is 24.3 Å². The summed E-state index contributed by atoms with van der Waals surface area (Å²) in [5.41, 5.74) is 1.33. The maximum Gasteiger partial charge on any atom is 0.253 e. The summed E-state index contributed by atoms with van der Waals surface area (Å²) in [4.78, 5) is 21.2. The first kappa shape index (κ1) is 14.5. The molecule has 3 rings (SSSR count). The van der Waals surface area contributed by atoms with Crippen LogP contribution in [0.25, 0.3) is 11.0 Å². The number of para-hydroxylation sites is 1. The van der Waals surface area contributed by atoms with Gasteiger partial charge in [0.2, 0.25) is 0 Å². The van der Waals surface area contributed by atoms with Gasteiger partial charge in [0.05, 0.1) is 0 Å². The van der Waals surface area contributed by atoms with Gasteiger partial charge in [-0.1, -0.05) is 17.0 Å². The quantitative estimate of drug-likeness (QED) is 0.370. The number of carbonyl (C=O) groups is 2. The third-order valence-electron chi connectivity index (χ3n) is 2.36. The number of nitrogens with zero attached hydrogens (tertiary/aromatic N) is 4. The highest BCUT2D eigenvalue weighted by molar-refractivity contribution is 6.00. The predicted molar refractivity (Wildman–Crippen MR) is 61.2 cm³/mol. The van der Waals surface area contributed by atoms with Crippen molar-refractivity contribution in [3.63, 3.8) is 0 Å². The molecule has 0 saturated carbocycles. The van der Waals surface area contributed by atoms with Gasteiger partial charge in [-0.3, -0.25) is 14.8 Å². The lowest BCUT2D eigenvalue weighted by Crippen LogP contribution is -2.24. The lowest BCUT2D eigenvalue weighted by Gasteiger charge is -1.98. The van der Waals surface area contributed by atoms with Crippen molar-refractivity contribution in [3.8, 4) is 0 Å². The van der Waals surface area contributed by atoms with E-state index in [0.29, 0.717) is 11.0 Å². The highest BCUT2D eigenvalue weighted by Gasteiger charge is 2.26. The van der Waals surface area contributed by atoms with Gasteiger partial charge in [0.1, 0.15) is 11.0 Å². The number of hydrogen-bond acceptors (Lipinski definition) is 6. The van der Waals surface area contributed by atoms with Gasteiger partial charge in [0.25, 0.3) is 11.8 Å². The molecule has 1 saturated heterocycles. The fourth-order valence-electron chi connectivity index (χ4n) is 1.42. The molecule has 1 aliphatic heterocycles. The molecule has 9 heteroatoms. The molecule has 1 fully saturated rings. The lowest BCUT2D eigenvalue weighted by molar-refractivity contribution is -0.171. The Morgan fingerprint density at radius 1 is 1.05 bits per heavy atom. The van der Waals surface area contributed by atoms with E-state index in [1.54, 1.807) is 12.1 Å². The number of hydroxylamine groups is 2. The molecule has 0 atom stereocenters. The van der Waals surface area contributed by atoms with Crippen LogP contribution in [0.1, 0.15) is 12.8 Å². The van der Waals surface area contributed by atoms with Crippen LogP contribution < -0.4 is 0 Å². The number of amides is 2. The van der Waals surface area contributed by atoms with Crippen LogP contribution in [-0.4, -0.2) is 47.9 Å². The summed E-state index contributed by atoms with van der Waals surface area (Å²) in [6, 6.07) is 7.19. The minimum Gasteiger partial charge on any atom is -0.412 e. The van der Waals surface area contributed by atoms with Crippen molar-refractivity contribution in [3.05, 3.63) is 24.3 Å². The van der Waals surface area contributed by atoms with Crippen molar-refractivity contribution in [1.82, 2.24) is 20.2 Å². The number of imide groups is 1. The molecule has 102 valence electrons. The van der Waals surface area contributed by atoms with Gasteiger partial charge in [0.15, 0.2) is 0 Å². The van der Waals surface area contributed by atoms with Crippen molar-refractivity contribution in [2.45, 2.75) is 12.8 Å². The monoisotopic (exact) mass is 268 g/mol. The van der Waals surface area contributed by atoms with Gasteiger partial charge < -0.3 is 10.7 Å². The van der Waals surface area contributed by atoms with E-state index in [1.165, 1.54) is 0 Å². The first-order chi connectivity index (χ1) is 8.59. The van der Waals surface area contributed by atoms with Gasteiger partial charge in [0, 0.05) is 12.8 Å². The van der Waals surface area contributed by atoms with Gasteiger partial charge in [-0.25, -0.2) is 0 Å². The van der Waals surface area contributed by atoms with Crippen LogP contribution in [0.5, 0.6) is 0 Å². The second-order valence-electron chi connectivity index (χ2n) is 3.57. The van der Waals surface area contributed by atoms with E-state index in [0.717, 1.165) is 4.85 Å². The van der Waals surface area contributed by atoms with Gasteiger partial charge in [-0.15, -0.1) is 5.10 Å². The lowest BCUT2D eigenvalue weighted by atomic mass is 10.3. The molecule has 0 aliphatic carbocycles. The zero-order chi connectivity index (χ0) is 13.1. The van der Waals surface area contributed by atoms with Crippen LogP contribution in [0, 0.1) is 0 Å². The molecule has 0 spiro atoms. The molecule has 2 heterocycles. The van der Waals surface area contributed by atoms with E-state index < -0.39 is 11.8 Å². The summed E-state index contributed by atoms with van der Waals surface area (Å²) in [5, 5.41) is 24.6. The van der Waals surface area contributed by atoms with Crippen molar-refractivity contribution >= 4 is 22.8 Å². The number of aromatic nitrogens is 3. The van der Waals surface area contributed by atoms with Crippen molar-refractivity contribution in [2.24, 2.45) is 0 Å². The van der Waals surface area contributed by atoms with Crippen molar-refractivity contribution < 1.29 is 25.5 Å². The predicted octanol–water partition coefficient (Wildman–Crippen LogP) is -0.631. The minimum absolute atomic E-state index is 0. The van der Waals surface area contributed by atoms with Gasteiger partial charge in [-0.05, 0) is 17.3 Å². The fraction of sp³-hybridized carbons (Fsp3) is 0.200. The molecular weight excluding hydrogens is 256 g/mol. The normalized spacial score (nSPS) is 14.1. The van der Waals surface area contributed by atoms with E-state index in [4.69, 9.17) is 10.4 Å². The zero-order valence-corrected chi connectivity index (χ0v) is 9.72. The number of benzene rings is 1. The maximum absolute atomic E-state index is 10.2. The highest BCUT2D eigenvalue weighted by atomic mass is 16.5. The molecule has 2 aromatic rings. The average molecular weight is 268 g/mol. The van der Waals surface area contributed by atoms with E-state index in [2.05, 4.69) is 10.3 Å². The zero-order valence-electron chi connectivity index (χ0n) is 9.72. The maximum atomic E-state index is 10.2. The first-order valence-electron chi connectivity index (χ1n) is 5.14. The van der Waals surface area contributed by atoms with Gasteiger partial charge >= 0.3 is 0 Å². The second kappa shape index (κ2) is 5.89. The summed E-state index contributed by atoms with van der Waals surface area (Å²) in [7, 11) is 0. The Morgan fingerprint density at radius 2 is 1.63 bits per heavy atom. The Bertz CT molecular complexity index is 580. The Morgan fingerprint density at radius 3 is 2.11 bits per heavy atom. The van der Waals surface area contributed by atoms with Crippen LogP contribution in [-0.2, 0) is 9.59 Å². The van der Waals surface area contributed by atoms with E-state index in [-0.39, 0.29) is 23.4 Å². The van der Waals surface area contributed by atoms with Crippen LogP contribution in [0.2, 0.25) is 0 Å². The SMILES string of the molecule is O.O=C1CCC(=O)N1O.On1nnc2ccccc21. The molecule has 1 aromatic heterocycles. The molecule has 1 aliphatic rings. The fourth-order valence-corrected chi connectivity index (χ4v) is 1.42. The number of rotatable bonds is 0. The number of hydrogen-bond donors (Lipinski definition) is 2. The molecule has 0 radical (unpaired) electrons. The van der Waals surface area contributed by atoms with E-state index in [1.807, 2.05) is 12.1 Å². The Balaban J connectivity index is 0.000000185. The smallest absolute Gasteiger partial charge is 0.253 e. The van der Waals surface area contributed by atoms with Crippen LogP contribution in [0.4, 0.5) is 0 Å². The summed E-state index contributed by atoms with van der Waals surface area (Å²) >= 11 is 0. The summed E-state index contributed by atoms with van der Waals surface area (Å²) < 4.78 is 0. The Hall–Kier alpha value is -2.52. The Labute approximate surface area is 106 Å². The average Bonchev–Trinajstić information content (AvgIpc) is 2.90. The molecule has 19 heavy (non-hydrogen) atoms. The third-order valence-corrected chi connectivity index (χ3v) is 2.36. The molecule has 9 nitrogen and oxygen atoms in total. The standard InChI is InChI=1S/C6H5N3O.C4H5NO3.H2O/c10-9-6-4-2-1-3-5(6)7-8-9;6-3-1-2-4(7)5(3)8;/h1-4,10H;8H,1-2H2;1H2. The highest BCUT2D eigenvalue weighted by Crippen LogP contribution is 2.07. The number of carbonyl (C=O) groups excluding carboxylic acids is 2. The molecule has 0 unspecified atom stereocenters. The topological polar surface area (TPSA) is 140 Å². The minimum atomic E-state index is -0.505. The van der Waals surface area contributed by atoms with E-state index in [9.17, 15) is 9.59 Å². The van der Waals surface area contributed by atoms with Crippen LogP contribution >= 0.6 is 0 Å².